The Balaban J connectivity index is 1.48. The van der Waals surface area contributed by atoms with Gasteiger partial charge in [-0.2, -0.15) is 0 Å². The van der Waals surface area contributed by atoms with Crippen LogP contribution in [0.2, 0.25) is 0 Å². The summed E-state index contributed by atoms with van der Waals surface area (Å²) in [7, 11) is -3.55. The highest BCUT2D eigenvalue weighted by atomic mass is 32.2. The molecule has 0 unspecified atom stereocenters. The summed E-state index contributed by atoms with van der Waals surface area (Å²) in [6.07, 6.45) is -0.198. The quantitative estimate of drug-likeness (QED) is 0.455. The zero-order valence-electron chi connectivity index (χ0n) is 15.8. The number of nitrogens with one attached hydrogen (secondary N) is 1. The Morgan fingerprint density at radius 1 is 1.00 bits per heavy atom. The summed E-state index contributed by atoms with van der Waals surface area (Å²) in [5.74, 6) is -0.592. The van der Waals surface area contributed by atoms with E-state index < -0.39 is 15.7 Å². The van der Waals surface area contributed by atoms with Gasteiger partial charge in [0, 0.05) is 12.1 Å². The fourth-order valence-corrected chi connectivity index (χ4v) is 4.23. The van der Waals surface area contributed by atoms with Gasteiger partial charge in [0.05, 0.1) is 16.2 Å². The summed E-state index contributed by atoms with van der Waals surface area (Å²) in [6.45, 7) is 0. The summed E-state index contributed by atoms with van der Waals surface area (Å²) >= 11 is 0. The molecule has 0 saturated heterocycles. The molecule has 152 valence electrons. The molecule has 0 radical (unpaired) electrons. The molecule has 0 saturated carbocycles. The number of carbonyl (C=O) groups excluding carboxylic acids is 1. The summed E-state index contributed by atoms with van der Waals surface area (Å²) < 4.78 is 30.3. The molecule has 1 amide bonds. The monoisotopic (exact) mass is 422 g/mol. The van der Waals surface area contributed by atoms with Crippen molar-refractivity contribution in [1.29, 1.82) is 0 Å². The van der Waals surface area contributed by atoms with E-state index in [0.717, 1.165) is 0 Å². The highest BCUT2D eigenvalue weighted by Crippen LogP contribution is 2.33. The Kier molecular flexibility index (Phi) is 5.24. The van der Waals surface area contributed by atoms with Crippen LogP contribution >= 0.6 is 0 Å². The average molecular weight is 422 g/mol. The van der Waals surface area contributed by atoms with Gasteiger partial charge in [0.25, 0.3) is 0 Å². The number of benzene rings is 3. The topological polar surface area (TPSA) is 110 Å². The Morgan fingerprint density at radius 2 is 1.73 bits per heavy atom. The van der Waals surface area contributed by atoms with Gasteiger partial charge in [-0.25, -0.2) is 13.4 Å². The number of carbonyl (C=O) groups is 1. The second-order valence-electron chi connectivity index (χ2n) is 6.65. The second kappa shape index (κ2) is 8.00. The van der Waals surface area contributed by atoms with Crippen LogP contribution in [0, 0.1) is 0 Å². The molecule has 0 fully saturated rings. The lowest BCUT2D eigenvalue weighted by atomic mass is 10.1. The fraction of sp³-hybridized carbons (Fsp3) is 0.0909. The number of aromatic hydroxyl groups is 1. The van der Waals surface area contributed by atoms with Gasteiger partial charge in [-0.1, -0.05) is 30.3 Å². The number of hydrogen-bond acceptors (Lipinski definition) is 6. The van der Waals surface area contributed by atoms with E-state index in [-0.39, 0.29) is 28.7 Å². The van der Waals surface area contributed by atoms with Crippen molar-refractivity contribution < 1.29 is 22.7 Å². The van der Waals surface area contributed by atoms with Crippen LogP contribution in [0.5, 0.6) is 5.75 Å². The predicted molar refractivity (Wildman–Crippen MR) is 113 cm³/mol. The molecule has 1 aromatic heterocycles. The van der Waals surface area contributed by atoms with Gasteiger partial charge in [0.15, 0.2) is 15.4 Å². The van der Waals surface area contributed by atoms with E-state index in [9.17, 15) is 18.3 Å². The first-order chi connectivity index (χ1) is 14.4. The summed E-state index contributed by atoms with van der Waals surface area (Å²) in [6, 6.07) is 19.7. The minimum absolute atomic E-state index is 0.0498. The standard InChI is InChI=1S/C22H18N2O5S/c25-19-11-10-15(14-17(19)22-24-18-8-4-5-9-20(18)29-22)23-21(26)12-13-30(27,28)16-6-2-1-3-7-16/h1-11,14,25H,12-13H2,(H,23,26). The van der Waals surface area contributed by atoms with Gasteiger partial charge in [-0.15, -0.1) is 0 Å². The first-order valence-electron chi connectivity index (χ1n) is 9.19. The maximum absolute atomic E-state index is 12.3. The second-order valence-corrected chi connectivity index (χ2v) is 8.76. The number of rotatable bonds is 6. The molecule has 0 bridgehead atoms. The first-order valence-corrected chi connectivity index (χ1v) is 10.8. The van der Waals surface area contributed by atoms with Crippen molar-refractivity contribution in [2.24, 2.45) is 0 Å². The van der Waals surface area contributed by atoms with Crippen LogP contribution in [0.4, 0.5) is 5.69 Å². The molecule has 0 aliphatic carbocycles. The molecule has 0 aliphatic heterocycles. The lowest BCUT2D eigenvalue weighted by Crippen LogP contribution is -2.17. The zero-order valence-corrected chi connectivity index (χ0v) is 16.6. The number of para-hydroxylation sites is 2. The number of phenolic OH excluding ortho intramolecular Hbond substituents is 1. The largest absolute Gasteiger partial charge is 0.507 e. The van der Waals surface area contributed by atoms with Crippen molar-refractivity contribution in [3.8, 4) is 17.2 Å². The lowest BCUT2D eigenvalue weighted by molar-refractivity contribution is -0.115. The van der Waals surface area contributed by atoms with Gasteiger partial charge < -0.3 is 14.8 Å². The number of hydrogen-bond donors (Lipinski definition) is 2. The fourth-order valence-electron chi connectivity index (χ4n) is 2.97. The number of fused-ring (bicyclic) bond motifs is 1. The van der Waals surface area contributed by atoms with Crippen LogP contribution in [0.15, 0.2) is 82.1 Å². The smallest absolute Gasteiger partial charge is 0.231 e. The van der Waals surface area contributed by atoms with Crippen molar-refractivity contribution in [3.63, 3.8) is 0 Å². The van der Waals surface area contributed by atoms with E-state index in [1.54, 1.807) is 30.3 Å². The van der Waals surface area contributed by atoms with Gasteiger partial charge in [-0.3, -0.25) is 4.79 Å². The van der Waals surface area contributed by atoms with E-state index in [0.29, 0.717) is 22.4 Å². The molecule has 1 heterocycles. The molecule has 0 aliphatic rings. The molecular weight excluding hydrogens is 404 g/mol. The van der Waals surface area contributed by atoms with Gasteiger partial charge in [-0.05, 0) is 42.5 Å². The number of sulfone groups is 1. The van der Waals surface area contributed by atoms with E-state index in [1.807, 2.05) is 12.1 Å². The highest BCUT2D eigenvalue weighted by Gasteiger charge is 2.17. The first kappa shape index (κ1) is 19.7. The number of phenols is 1. The predicted octanol–water partition coefficient (Wildman–Crippen LogP) is 4.00. The van der Waals surface area contributed by atoms with E-state index in [1.165, 1.54) is 30.3 Å². The van der Waals surface area contributed by atoms with Gasteiger partial charge in [0.2, 0.25) is 11.8 Å². The van der Waals surface area contributed by atoms with Crippen molar-refractivity contribution >= 4 is 32.5 Å². The minimum atomic E-state index is -3.55. The summed E-state index contributed by atoms with van der Waals surface area (Å²) in [5.41, 5.74) is 1.94. The van der Waals surface area contributed by atoms with E-state index in [4.69, 9.17) is 4.42 Å². The maximum atomic E-state index is 12.3. The van der Waals surface area contributed by atoms with Crippen LogP contribution in [-0.2, 0) is 14.6 Å². The molecule has 2 N–H and O–H groups in total. The molecule has 3 aromatic carbocycles. The number of amides is 1. The van der Waals surface area contributed by atoms with Crippen LogP contribution in [0.25, 0.3) is 22.6 Å². The highest BCUT2D eigenvalue weighted by molar-refractivity contribution is 7.91. The molecule has 8 heteroatoms. The molecule has 7 nitrogen and oxygen atoms in total. The third-order valence-corrected chi connectivity index (χ3v) is 6.24. The number of aromatic nitrogens is 1. The maximum Gasteiger partial charge on any atom is 0.231 e. The summed E-state index contributed by atoms with van der Waals surface area (Å²) in [5, 5.41) is 12.8. The molecule has 4 rings (SSSR count). The van der Waals surface area contributed by atoms with E-state index >= 15 is 0 Å². The third-order valence-electron chi connectivity index (χ3n) is 4.50. The Morgan fingerprint density at radius 3 is 2.50 bits per heavy atom. The van der Waals surface area contributed by atoms with E-state index in [2.05, 4.69) is 10.3 Å². The van der Waals surface area contributed by atoms with Crippen molar-refractivity contribution in [2.45, 2.75) is 11.3 Å². The normalized spacial score (nSPS) is 11.5. The molecule has 30 heavy (non-hydrogen) atoms. The Hall–Kier alpha value is -3.65. The Labute approximate surface area is 172 Å². The van der Waals surface area contributed by atoms with Crippen molar-refractivity contribution in [2.75, 3.05) is 11.1 Å². The molecular formula is C22H18N2O5S. The van der Waals surface area contributed by atoms with Crippen LogP contribution in [0.1, 0.15) is 6.42 Å². The summed E-state index contributed by atoms with van der Waals surface area (Å²) in [4.78, 5) is 16.8. The van der Waals surface area contributed by atoms with Crippen molar-refractivity contribution in [3.05, 3.63) is 72.8 Å². The minimum Gasteiger partial charge on any atom is -0.507 e. The SMILES string of the molecule is O=C(CCS(=O)(=O)c1ccccc1)Nc1ccc(O)c(-c2nc3ccccc3o2)c1. The number of oxazole rings is 1. The lowest BCUT2D eigenvalue weighted by Gasteiger charge is -2.08. The molecule has 0 spiro atoms. The molecule has 4 aromatic rings. The van der Waals surface area contributed by atoms with Crippen LogP contribution in [-0.4, -0.2) is 30.2 Å². The van der Waals surface area contributed by atoms with Crippen molar-refractivity contribution in [1.82, 2.24) is 4.98 Å². The molecule has 0 atom stereocenters. The number of nitrogens with zero attached hydrogens (tertiary/aromatic N) is 1. The van der Waals surface area contributed by atoms with Crippen LogP contribution in [0.3, 0.4) is 0 Å². The number of anilines is 1. The third kappa shape index (κ3) is 4.18. The van der Waals surface area contributed by atoms with Gasteiger partial charge in [0.1, 0.15) is 11.3 Å². The van der Waals surface area contributed by atoms with Crippen LogP contribution < -0.4 is 5.32 Å². The average Bonchev–Trinajstić information content (AvgIpc) is 3.18. The van der Waals surface area contributed by atoms with Gasteiger partial charge >= 0.3 is 0 Å². The zero-order chi connectivity index (χ0) is 21.1. The Bertz CT molecular complexity index is 1280.